The normalized spacial score (nSPS) is 29.3. The number of hydrogen-bond acceptors (Lipinski definition) is 8. The molecule has 0 amide bonds. The molecule has 4 atom stereocenters. The van der Waals surface area contributed by atoms with Crippen LogP contribution in [0.5, 0.6) is 0 Å². The molecule has 10 nitrogen and oxygen atoms in total. The first-order valence-corrected chi connectivity index (χ1v) is 6.27. The number of nitrogens with two attached hydrogens (primary N) is 1. The highest BCUT2D eigenvalue weighted by Gasteiger charge is 2.44. The van der Waals surface area contributed by atoms with Crippen LogP contribution in [0.3, 0.4) is 0 Å². The molecule has 1 fully saturated rings. The summed E-state index contributed by atoms with van der Waals surface area (Å²) in [5, 5.41) is 28.9. The zero-order valence-electron chi connectivity index (χ0n) is 11.1. The maximum atomic E-state index is 12.0. The van der Waals surface area contributed by atoms with Gasteiger partial charge in [0.25, 0.3) is 5.56 Å². The van der Waals surface area contributed by atoms with E-state index in [9.17, 15) is 15.0 Å². The average molecular weight is 297 g/mol. The van der Waals surface area contributed by atoms with Crippen LogP contribution in [0.1, 0.15) is 6.23 Å². The minimum absolute atomic E-state index is 0.0130. The fraction of sp³-hybridized carbons (Fsp3) is 0.545. The van der Waals surface area contributed by atoms with Crippen molar-refractivity contribution in [1.82, 2.24) is 19.1 Å². The van der Waals surface area contributed by atoms with E-state index in [1.54, 1.807) is 0 Å². The molecular formula is C11H15N5O5. The van der Waals surface area contributed by atoms with Crippen LogP contribution in [-0.2, 0) is 11.8 Å². The highest BCUT2D eigenvalue weighted by atomic mass is 16.6. The molecule has 0 saturated carbocycles. The Bertz CT molecular complexity index is 740. The Kier molecular flexibility index (Phi) is 3.17. The molecule has 0 spiro atoms. The van der Waals surface area contributed by atoms with E-state index in [0.29, 0.717) is 0 Å². The van der Waals surface area contributed by atoms with Gasteiger partial charge in [-0.3, -0.25) is 13.9 Å². The number of aliphatic hydroxyl groups is 3. The van der Waals surface area contributed by atoms with Crippen LogP contribution in [0.2, 0.25) is 0 Å². The van der Waals surface area contributed by atoms with Gasteiger partial charge in [0.1, 0.15) is 18.3 Å². The van der Waals surface area contributed by atoms with Crippen molar-refractivity contribution in [1.29, 1.82) is 0 Å². The summed E-state index contributed by atoms with van der Waals surface area (Å²) in [5.74, 6) is -0.0130. The molecule has 1 aliphatic rings. The minimum atomic E-state index is -1.29. The van der Waals surface area contributed by atoms with Crippen molar-refractivity contribution in [3.8, 4) is 0 Å². The van der Waals surface area contributed by atoms with Crippen LogP contribution in [0.4, 0.5) is 5.95 Å². The van der Waals surface area contributed by atoms with Gasteiger partial charge < -0.3 is 25.8 Å². The predicted molar refractivity (Wildman–Crippen MR) is 70.2 cm³/mol. The molecule has 0 unspecified atom stereocenters. The van der Waals surface area contributed by atoms with Crippen molar-refractivity contribution in [2.24, 2.45) is 7.05 Å². The molecule has 3 rings (SSSR count). The molecule has 0 aromatic carbocycles. The quantitative estimate of drug-likeness (QED) is 0.468. The predicted octanol–water partition coefficient (Wildman–Crippen LogP) is -2.68. The lowest BCUT2D eigenvalue weighted by Gasteiger charge is -2.16. The number of aliphatic hydroxyl groups excluding tert-OH is 3. The fourth-order valence-electron chi connectivity index (χ4n) is 2.36. The standard InChI is InChI=1S/C11H15N5O5/c1-15-9(20)5-8(14-11(15)12)16(3-13-5)10-7(19)6(18)4(2-17)21-10/h3-4,6-7,10,17-19H,2H2,1H3,(H2,12,14)/t4-,6-,7+,10+/m1/s1. The molecule has 3 heterocycles. The van der Waals surface area contributed by atoms with Gasteiger partial charge in [0.05, 0.1) is 12.9 Å². The van der Waals surface area contributed by atoms with Gasteiger partial charge in [-0.05, 0) is 0 Å². The second-order valence-electron chi connectivity index (χ2n) is 4.89. The molecule has 2 aromatic rings. The second-order valence-corrected chi connectivity index (χ2v) is 4.89. The van der Waals surface area contributed by atoms with Gasteiger partial charge >= 0.3 is 0 Å². The van der Waals surface area contributed by atoms with Crippen LogP contribution in [-0.4, -0.2) is 59.3 Å². The Labute approximate surface area is 118 Å². The topological polar surface area (TPSA) is 149 Å². The van der Waals surface area contributed by atoms with E-state index in [1.165, 1.54) is 17.9 Å². The third-order valence-electron chi connectivity index (χ3n) is 3.63. The summed E-state index contributed by atoms with van der Waals surface area (Å²) < 4.78 is 7.85. The molecule has 114 valence electrons. The minimum Gasteiger partial charge on any atom is -0.394 e. The summed E-state index contributed by atoms with van der Waals surface area (Å²) in [6, 6.07) is 0. The second kappa shape index (κ2) is 4.77. The molecule has 10 heteroatoms. The third-order valence-corrected chi connectivity index (χ3v) is 3.63. The average Bonchev–Trinajstić information content (AvgIpc) is 2.99. The number of nitrogens with zero attached hydrogens (tertiary/aromatic N) is 4. The van der Waals surface area contributed by atoms with Gasteiger partial charge in [-0.15, -0.1) is 0 Å². The molecule has 1 aliphatic heterocycles. The van der Waals surface area contributed by atoms with Gasteiger partial charge in [0.15, 0.2) is 17.4 Å². The Morgan fingerprint density at radius 3 is 2.76 bits per heavy atom. The number of hydrogen-bond donors (Lipinski definition) is 4. The van der Waals surface area contributed by atoms with Crippen molar-refractivity contribution in [3.63, 3.8) is 0 Å². The van der Waals surface area contributed by atoms with E-state index >= 15 is 0 Å². The van der Waals surface area contributed by atoms with E-state index in [1.807, 2.05) is 0 Å². The molecule has 21 heavy (non-hydrogen) atoms. The number of nitrogen functional groups attached to an aromatic ring is 1. The molecule has 2 aromatic heterocycles. The van der Waals surface area contributed by atoms with Crippen molar-refractivity contribution in [2.75, 3.05) is 12.3 Å². The molecule has 0 bridgehead atoms. The van der Waals surface area contributed by atoms with Crippen molar-refractivity contribution < 1.29 is 20.1 Å². The Hall–Kier alpha value is -2.01. The zero-order valence-corrected chi connectivity index (χ0v) is 11.1. The van der Waals surface area contributed by atoms with Crippen molar-refractivity contribution in [2.45, 2.75) is 24.5 Å². The van der Waals surface area contributed by atoms with Crippen LogP contribution in [0, 0.1) is 0 Å². The largest absolute Gasteiger partial charge is 0.394 e. The highest BCUT2D eigenvalue weighted by molar-refractivity contribution is 5.71. The Morgan fingerprint density at radius 1 is 1.43 bits per heavy atom. The summed E-state index contributed by atoms with van der Waals surface area (Å²) in [4.78, 5) is 20.0. The zero-order chi connectivity index (χ0) is 15.3. The monoisotopic (exact) mass is 297 g/mol. The third kappa shape index (κ3) is 1.92. The fourth-order valence-corrected chi connectivity index (χ4v) is 2.36. The van der Waals surface area contributed by atoms with E-state index in [0.717, 1.165) is 4.57 Å². The SMILES string of the molecule is Cn1c(N)nc2c(ncn2[C@H]2O[C@H](CO)[C@@H](O)[C@@H]2O)c1=O. The summed E-state index contributed by atoms with van der Waals surface area (Å²) in [7, 11) is 1.47. The molecule has 5 N–H and O–H groups in total. The van der Waals surface area contributed by atoms with Crippen molar-refractivity contribution in [3.05, 3.63) is 16.7 Å². The van der Waals surface area contributed by atoms with Crippen LogP contribution in [0.25, 0.3) is 11.2 Å². The van der Waals surface area contributed by atoms with Crippen LogP contribution >= 0.6 is 0 Å². The number of fused-ring (bicyclic) bond motifs is 1. The lowest BCUT2D eigenvalue weighted by molar-refractivity contribution is -0.0511. The van der Waals surface area contributed by atoms with E-state index < -0.39 is 36.7 Å². The van der Waals surface area contributed by atoms with E-state index in [2.05, 4.69) is 9.97 Å². The van der Waals surface area contributed by atoms with Gasteiger partial charge in [0, 0.05) is 7.05 Å². The highest BCUT2D eigenvalue weighted by Crippen LogP contribution is 2.30. The van der Waals surface area contributed by atoms with E-state index in [4.69, 9.17) is 15.6 Å². The Morgan fingerprint density at radius 2 is 2.14 bits per heavy atom. The Balaban J connectivity index is 2.12. The van der Waals surface area contributed by atoms with E-state index in [-0.39, 0.29) is 17.1 Å². The number of imidazole rings is 1. The van der Waals surface area contributed by atoms with Crippen LogP contribution < -0.4 is 11.3 Å². The van der Waals surface area contributed by atoms with Crippen LogP contribution in [0.15, 0.2) is 11.1 Å². The summed E-state index contributed by atoms with van der Waals surface area (Å²) in [6.45, 7) is -0.446. The first-order valence-electron chi connectivity index (χ1n) is 6.27. The number of rotatable bonds is 2. The van der Waals surface area contributed by atoms with Gasteiger partial charge in [-0.25, -0.2) is 4.98 Å². The maximum Gasteiger partial charge on any atom is 0.282 e. The summed E-state index contributed by atoms with van der Waals surface area (Å²) in [6.07, 6.45) is -3.20. The number of aromatic nitrogens is 4. The van der Waals surface area contributed by atoms with Gasteiger partial charge in [0.2, 0.25) is 5.95 Å². The van der Waals surface area contributed by atoms with Crippen molar-refractivity contribution >= 4 is 17.1 Å². The maximum absolute atomic E-state index is 12.0. The first kappa shape index (κ1) is 13.9. The summed E-state index contributed by atoms with van der Waals surface area (Å²) in [5.41, 5.74) is 5.44. The summed E-state index contributed by atoms with van der Waals surface area (Å²) >= 11 is 0. The lowest BCUT2D eigenvalue weighted by atomic mass is 10.1. The number of ether oxygens (including phenoxy) is 1. The molecule has 0 radical (unpaired) electrons. The smallest absolute Gasteiger partial charge is 0.282 e. The number of anilines is 1. The van der Waals surface area contributed by atoms with Gasteiger partial charge in [-0.1, -0.05) is 0 Å². The molecular weight excluding hydrogens is 282 g/mol. The lowest BCUT2D eigenvalue weighted by Crippen LogP contribution is -2.33. The molecule has 1 saturated heterocycles. The van der Waals surface area contributed by atoms with Gasteiger partial charge in [-0.2, -0.15) is 4.98 Å². The molecule has 0 aliphatic carbocycles. The first-order chi connectivity index (χ1) is 9.95.